The molecule has 0 fully saturated rings. The summed E-state index contributed by atoms with van der Waals surface area (Å²) in [5.74, 6) is 0. The fourth-order valence-corrected chi connectivity index (χ4v) is 1.98. The summed E-state index contributed by atoms with van der Waals surface area (Å²) >= 11 is 1.16. The molecule has 1 aromatic carbocycles. The molecule has 0 unspecified atom stereocenters. The van der Waals surface area contributed by atoms with Crippen molar-refractivity contribution in [3.05, 3.63) is 24.3 Å². The molecule has 2 aromatic rings. The molecule has 0 aliphatic carbocycles. The van der Waals surface area contributed by atoms with E-state index < -0.39 is 0 Å². The number of fused-ring (bicyclic) bond motifs is 1. The van der Waals surface area contributed by atoms with Crippen LogP contribution in [0.1, 0.15) is 6.92 Å². The zero-order chi connectivity index (χ0) is 10.1. The van der Waals surface area contributed by atoms with Crippen molar-refractivity contribution < 1.29 is 4.79 Å². The number of benzene rings is 1. The third-order valence-electron chi connectivity index (χ3n) is 1.98. The van der Waals surface area contributed by atoms with Crippen molar-refractivity contribution in [1.29, 1.82) is 0 Å². The molecule has 1 heterocycles. The monoisotopic (exact) mass is 206 g/mol. The van der Waals surface area contributed by atoms with E-state index in [1.807, 2.05) is 35.9 Å². The van der Waals surface area contributed by atoms with E-state index in [1.165, 1.54) is 0 Å². The Labute approximate surface area is 86.1 Å². The van der Waals surface area contributed by atoms with Crippen LogP contribution in [0, 0.1) is 0 Å². The van der Waals surface area contributed by atoms with Gasteiger partial charge in [-0.25, -0.2) is 4.98 Å². The Morgan fingerprint density at radius 3 is 2.79 bits per heavy atom. The van der Waals surface area contributed by atoms with E-state index in [0.717, 1.165) is 28.0 Å². The van der Waals surface area contributed by atoms with Crippen molar-refractivity contribution in [3.63, 3.8) is 0 Å². The van der Waals surface area contributed by atoms with Gasteiger partial charge in [-0.15, -0.1) is 0 Å². The SMILES string of the molecule is CC(=O)Sc1nc2ccccc2n1C. The Morgan fingerprint density at radius 2 is 2.14 bits per heavy atom. The van der Waals surface area contributed by atoms with Crippen molar-refractivity contribution in [2.24, 2.45) is 7.05 Å². The summed E-state index contributed by atoms with van der Waals surface area (Å²) in [5.41, 5.74) is 1.98. The molecule has 0 saturated carbocycles. The van der Waals surface area contributed by atoms with E-state index in [-0.39, 0.29) is 5.12 Å². The molecule has 2 rings (SSSR count). The lowest BCUT2D eigenvalue weighted by atomic mass is 10.3. The van der Waals surface area contributed by atoms with Gasteiger partial charge in [-0.2, -0.15) is 0 Å². The summed E-state index contributed by atoms with van der Waals surface area (Å²) in [6.07, 6.45) is 0. The molecule has 0 atom stereocenters. The van der Waals surface area contributed by atoms with Crippen molar-refractivity contribution in [2.75, 3.05) is 0 Å². The van der Waals surface area contributed by atoms with E-state index >= 15 is 0 Å². The number of hydrogen-bond acceptors (Lipinski definition) is 3. The van der Waals surface area contributed by atoms with Crippen LogP contribution < -0.4 is 0 Å². The number of aromatic nitrogens is 2. The molecule has 0 aliphatic heterocycles. The predicted molar refractivity (Wildman–Crippen MR) is 57.3 cm³/mol. The number of carbonyl (C=O) groups excluding carboxylic acids is 1. The minimum Gasteiger partial charge on any atom is -0.322 e. The summed E-state index contributed by atoms with van der Waals surface area (Å²) in [5, 5.41) is 0.808. The summed E-state index contributed by atoms with van der Waals surface area (Å²) in [7, 11) is 1.92. The first-order valence-corrected chi connectivity index (χ1v) is 5.10. The van der Waals surface area contributed by atoms with Crippen LogP contribution in [0.15, 0.2) is 29.4 Å². The van der Waals surface area contributed by atoms with Crippen molar-refractivity contribution >= 4 is 27.9 Å². The average molecular weight is 206 g/mol. The molecule has 1 aromatic heterocycles. The smallest absolute Gasteiger partial charge is 0.193 e. The first-order chi connectivity index (χ1) is 6.68. The average Bonchev–Trinajstić information content (AvgIpc) is 2.44. The Balaban J connectivity index is 2.57. The zero-order valence-electron chi connectivity index (χ0n) is 8.02. The second-order valence-electron chi connectivity index (χ2n) is 3.04. The molecule has 0 bridgehead atoms. The molecule has 14 heavy (non-hydrogen) atoms. The highest BCUT2D eigenvalue weighted by molar-refractivity contribution is 8.13. The fraction of sp³-hybridized carbons (Fsp3) is 0.200. The van der Waals surface area contributed by atoms with Gasteiger partial charge in [-0.05, 0) is 23.9 Å². The molecule has 0 saturated heterocycles. The van der Waals surface area contributed by atoms with Gasteiger partial charge in [0.05, 0.1) is 11.0 Å². The number of imidazole rings is 1. The van der Waals surface area contributed by atoms with E-state index in [9.17, 15) is 4.79 Å². The van der Waals surface area contributed by atoms with Gasteiger partial charge >= 0.3 is 0 Å². The summed E-state index contributed by atoms with van der Waals surface area (Å²) < 4.78 is 1.93. The van der Waals surface area contributed by atoms with Crippen LogP contribution in [-0.2, 0) is 11.8 Å². The van der Waals surface area contributed by atoms with Gasteiger partial charge in [0, 0.05) is 14.0 Å². The van der Waals surface area contributed by atoms with Crippen molar-refractivity contribution in [2.45, 2.75) is 12.1 Å². The fourth-order valence-electron chi connectivity index (χ4n) is 1.34. The minimum atomic E-state index is 0.0587. The van der Waals surface area contributed by atoms with Crippen molar-refractivity contribution in [3.8, 4) is 0 Å². The van der Waals surface area contributed by atoms with Gasteiger partial charge in [0.1, 0.15) is 0 Å². The largest absolute Gasteiger partial charge is 0.322 e. The maximum Gasteiger partial charge on any atom is 0.193 e. The maximum absolute atomic E-state index is 11.0. The first-order valence-electron chi connectivity index (χ1n) is 4.28. The lowest BCUT2D eigenvalue weighted by molar-refractivity contribution is -0.109. The molecule has 3 nitrogen and oxygen atoms in total. The predicted octanol–water partition coefficient (Wildman–Crippen LogP) is 2.21. The molecule has 0 N–H and O–H groups in total. The number of carbonyl (C=O) groups is 1. The molecular formula is C10H10N2OS. The molecular weight excluding hydrogens is 196 g/mol. The van der Waals surface area contributed by atoms with E-state index in [0.29, 0.717) is 0 Å². The lowest BCUT2D eigenvalue weighted by Crippen LogP contribution is -1.92. The topological polar surface area (TPSA) is 34.9 Å². The minimum absolute atomic E-state index is 0.0587. The summed E-state index contributed by atoms with van der Waals surface area (Å²) in [6, 6.07) is 7.84. The van der Waals surface area contributed by atoms with E-state index in [1.54, 1.807) is 6.92 Å². The molecule has 0 radical (unpaired) electrons. The summed E-state index contributed by atoms with van der Waals surface area (Å²) in [4.78, 5) is 15.3. The number of thioether (sulfide) groups is 1. The van der Waals surface area contributed by atoms with Gasteiger partial charge < -0.3 is 4.57 Å². The van der Waals surface area contributed by atoms with E-state index in [4.69, 9.17) is 0 Å². The first kappa shape index (κ1) is 9.27. The maximum atomic E-state index is 11.0. The summed E-state index contributed by atoms with van der Waals surface area (Å²) in [6.45, 7) is 1.55. The molecule has 0 spiro atoms. The van der Waals surface area contributed by atoms with Crippen LogP contribution in [0.2, 0.25) is 0 Å². The Kier molecular flexibility index (Phi) is 2.29. The lowest BCUT2D eigenvalue weighted by Gasteiger charge is -1.97. The third-order valence-corrected chi connectivity index (χ3v) is 2.82. The normalized spacial score (nSPS) is 10.7. The number of aryl methyl sites for hydroxylation is 1. The standard InChI is InChI=1S/C10H10N2OS/c1-7(13)14-10-11-8-5-3-4-6-9(8)12(10)2/h3-6H,1-2H3. The van der Waals surface area contributed by atoms with Crippen LogP contribution in [0.5, 0.6) is 0 Å². The van der Waals surface area contributed by atoms with Crippen LogP contribution in [0.3, 0.4) is 0 Å². The Hall–Kier alpha value is -1.29. The molecule has 0 amide bonds. The second kappa shape index (κ2) is 3.46. The number of para-hydroxylation sites is 2. The highest BCUT2D eigenvalue weighted by Gasteiger charge is 2.08. The highest BCUT2D eigenvalue weighted by Crippen LogP contribution is 2.22. The Bertz CT molecular complexity index is 490. The highest BCUT2D eigenvalue weighted by atomic mass is 32.2. The van der Waals surface area contributed by atoms with Gasteiger partial charge in [0.15, 0.2) is 10.3 Å². The van der Waals surface area contributed by atoms with Gasteiger partial charge in [0.25, 0.3) is 0 Å². The number of hydrogen-bond donors (Lipinski definition) is 0. The number of rotatable bonds is 1. The van der Waals surface area contributed by atoms with Gasteiger partial charge in [-0.3, -0.25) is 4.79 Å². The Morgan fingerprint density at radius 1 is 1.43 bits per heavy atom. The van der Waals surface area contributed by atoms with Crippen molar-refractivity contribution in [1.82, 2.24) is 9.55 Å². The molecule has 72 valence electrons. The van der Waals surface area contributed by atoms with Crippen LogP contribution in [-0.4, -0.2) is 14.7 Å². The van der Waals surface area contributed by atoms with Gasteiger partial charge in [-0.1, -0.05) is 12.1 Å². The van der Waals surface area contributed by atoms with E-state index in [2.05, 4.69) is 4.98 Å². The third kappa shape index (κ3) is 1.53. The van der Waals surface area contributed by atoms with Crippen LogP contribution in [0.4, 0.5) is 0 Å². The molecule has 0 aliphatic rings. The quantitative estimate of drug-likeness (QED) is 0.671. The van der Waals surface area contributed by atoms with Crippen LogP contribution >= 0.6 is 11.8 Å². The second-order valence-corrected chi connectivity index (χ2v) is 4.18. The van der Waals surface area contributed by atoms with Crippen LogP contribution in [0.25, 0.3) is 11.0 Å². The zero-order valence-corrected chi connectivity index (χ0v) is 8.84. The molecule has 4 heteroatoms. The number of nitrogens with zero attached hydrogens (tertiary/aromatic N) is 2. The van der Waals surface area contributed by atoms with Gasteiger partial charge in [0.2, 0.25) is 0 Å².